The smallest absolute Gasteiger partial charge is 0.260 e. The predicted octanol–water partition coefficient (Wildman–Crippen LogP) is 1.25. The summed E-state index contributed by atoms with van der Waals surface area (Å²) >= 11 is 0. The van der Waals surface area contributed by atoms with E-state index in [0.29, 0.717) is 0 Å². The molecule has 0 bridgehead atoms. The van der Waals surface area contributed by atoms with Crippen molar-refractivity contribution in [2.75, 3.05) is 12.4 Å². The fraction of sp³-hybridized carbons (Fsp3) is 0.588. The molecule has 1 amide bonds. The second-order valence-electron chi connectivity index (χ2n) is 6.59. The van der Waals surface area contributed by atoms with Crippen molar-refractivity contribution in [3.8, 4) is 0 Å². The number of hydrogen-bond donors (Lipinski definition) is 4. The maximum absolute atomic E-state index is 12.9. The molecule has 1 spiro atoms. The third kappa shape index (κ3) is 3.39. The van der Waals surface area contributed by atoms with Crippen molar-refractivity contribution in [3.63, 3.8) is 0 Å². The van der Waals surface area contributed by atoms with Crippen LogP contribution in [0.4, 0.5) is 5.69 Å². The number of aryl methyl sites for hydroxylation is 1. The van der Waals surface area contributed by atoms with Crippen LogP contribution in [0.5, 0.6) is 0 Å². The first-order valence-corrected chi connectivity index (χ1v) is 8.46. The van der Waals surface area contributed by atoms with Gasteiger partial charge in [0, 0.05) is 12.8 Å². The third-order valence-corrected chi connectivity index (χ3v) is 4.81. The van der Waals surface area contributed by atoms with Crippen molar-refractivity contribution in [2.24, 2.45) is 0 Å². The summed E-state index contributed by atoms with van der Waals surface area (Å²) in [4.78, 5) is 12.9. The molecule has 1 saturated heterocycles. The number of aliphatic hydroxyl groups is 1. The van der Waals surface area contributed by atoms with Gasteiger partial charge in [0.15, 0.2) is 6.35 Å². The van der Waals surface area contributed by atoms with Crippen LogP contribution in [0.3, 0.4) is 0 Å². The summed E-state index contributed by atoms with van der Waals surface area (Å²) in [5.74, 6) is -0.0705. The molecular formula is C17H26N4O3. The Morgan fingerprint density at radius 3 is 2.58 bits per heavy atom. The zero-order valence-corrected chi connectivity index (χ0v) is 14.2. The van der Waals surface area contributed by atoms with Crippen LogP contribution in [-0.2, 0) is 9.53 Å². The lowest BCUT2D eigenvalue weighted by atomic mass is 9.82. The molecule has 1 heterocycles. The van der Waals surface area contributed by atoms with Crippen LogP contribution in [-0.4, -0.2) is 41.4 Å². The van der Waals surface area contributed by atoms with Gasteiger partial charge in [-0.05, 0) is 31.9 Å². The molecule has 1 saturated carbocycles. The number of nitrogens with one attached hydrogen (secondary N) is 3. The molecule has 7 heteroatoms. The molecule has 1 aliphatic carbocycles. The zero-order valence-electron chi connectivity index (χ0n) is 14.2. The number of carbonyl (C=O) groups is 1. The van der Waals surface area contributed by atoms with Gasteiger partial charge < -0.3 is 15.2 Å². The highest BCUT2D eigenvalue weighted by atomic mass is 16.5. The van der Waals surface area contributed by atoms with Crippen LogP contribution in [0, 0.1) is 6.92 Å². The Morgan fingerprint density at radius 2 is 1.96 bits per heavy atom. The Balaban J connectivity index is 1.66. The summed E-state index contributed by atoms with van der Waals surface area (Å²) in [5.41, 5.74) is 4.14. The zero-order chi connectivity index (χ0) is 17.2. The molecule has 1 aromatic carbocycles. The number of carbonyl (C=O) groups excluding carboxylic acids is 1. The van der Waals surface area contributed by atoms with Gasteiger partial charge in [-0.25, -0.2) is 5.01 Å². The summed E-state index contributed by atoms with van der Waals surface area (Å²) in [6.45, 7) is 2.00. The summed E-state index contributed by atoms with van der Waals surface area (Å²) in [5, 5.41) is 17.8. The first-order chi connectivity index (χ1) is 11.5. The summed E-state index contributed by atoms with van der Waals surface area (Å²) in [6, 6.07) is 7.65. The lowest BCUT2D eigenvalue weighted by molar-refractivity contribution is -0.148. The molecule has 0 radical (unpaired) electrons. The van der Waals surface area contributed by atoms with E-state index in [9.17, 15) is 9.90 Å². The van der Waals surface area contributed by atoms with Crippen LogP contribution in [0.25, 0.3) is 0 Å². The molecule has 2 unspecified atom stereocenters. The minimum atomic E-state index is -1.10. The molecule has 132 valence electrons. The number of methoxy groups -OCH3 is 1. The van der Waals surface area contributed by atoms with Gasteiger partial charge in [-0.3, -0.25) is 10.1 Å². The number of anilines is 1. The standard InChI is InChI=1S/C17H26N4O3/c1-12-6-8-13(9-7-12)18-15(23)20-21-14(22)17(19-16(21)24-2)10-4-3-5-11-17/h6-9,15-16,18-20,23H,3-5,10-11H2,1-2H3. The van der Waals surface area contributed by atoms with E-state index in [-0.39, 0.29) is 5.91 Å². The Morgan fingerprint density at radius 1 is 1.29 bits per heavy atom. The lowest BCUT2D eigenvalue weighted by Crippen LogP contribution is -2.54. The van der Waals surface area contributed by atoms with Crippen LogP contribution >= 0.6 is 0 Å². The minimum Gasteiger partial charge on any atom is -0.360 e. The van der Waals surface area contributed by atoms with Gasteiger partial charge >= 0.3 is 0 Å². The molecule has 2 fully saturated rings. The Hall–Kier alpha value is -1.67. The van der Waals surface area contributed by atoms with Crippen molar-refractivity contribution in [2.45, 2.75) is 57.3 Å². The monoisotopic (exact) mass is 334 g/mol. The van der Waals surface area contributed by atoms with Crippen LogP contribution in [0.15, 0.2) is 24.3 Å². The second-order valence-corrected chi connectivity index (χ2v) is 6.59. The Kier molecular flexibility index (Phi) is 5.05. The van der Waals surface area contributed by atoms with E-state index in [1.165, 1.54) is 5.01 Å². The van der Waals surface area contributed by atoms with Gasteiger partial charge in [0.2, 0.25) is 6.35 Å². The number of rotatable bonds is 5. The van der Waals surface area contributed by atoms with Crippen molar-refractivity contribution in [3.05, 3.63) is 29.8 Å². The molecule has 0 aromatic heterocycles. The van der Waals surface area contributed by atoms with Crippen molar-refractivity contribution >= 4 is 11.6 Å². The number of aliphatic hydroxyl groups excluding tert-OH is 1. The number of hydrazine groups is 1. The molecular weight excluding hydrogens is 308 g/mol. The normalized spacial score (nSPS) is 24.4. The number of amides is 1. The van der Waals surface area contributed by atoms with Crippen LogP contribution in [0.2, 0.25) is 0 Å². The van der Waals surface area contributed by atoms with E-state index >= 15 is 0 Å². The Bertz CT molecular complexity index is 572. The van der Waals surface area contributed by atoms with Crippen molar-refractivity contribution < 1.29 is 14.6 Å². The van der Waals surface area contributed by atoms with Gasteiger partial charge in [-0.2, -0.15) is 5.43 Å². The molecule has 2 atom stereocenters. The average molecular weight is 334 g/mol. The third-order valence-electron chi connectivity index (χ3n) is 4.81. The SMILES string of the molecule is COC1NC2(CCCCC2)C(=O)N1NC(O)Nc1ccc(C)cc1. The van der Waals surface area contributed by atoms with Gasteiger partial charge in [0.1, 0.15) is 5.54 Å². The number of nitrogens with zero attached hydrogens (tertiary/aromatic N) is 1. The number of ether oxygens (including phenoxy) is 1. The molecule has 7 nitrogen and oxygen atoms in total. The van der Waals surface area contributed by atoms with E-state index < -0.39 is 18.2 Å². The van der Waals surface area contributed by atoms with E-state index in [1.807, 2.05) is 31.2 Å². The fourth-order valence-electron chi connectivity index (χ4n) is 3.48. The van der Waals surface area contributed by atoms with Gasteiger partial charge in [-0.1, -0.05) is 37.0 Å². The molecule has 1 aromatic rings. The Labute approximate surface area is 142 Å². The van der Waals surface area contributed by atoms with Gasteiger partial charge in [0.25, 0.3) is 5.91 Å². The number of benzene rings is 1. The second kappa shape index (κ2) is 7.06. The van der Waals surface area contributed by atoms with Crippen molar-refractivity contribution in [1.29, 1.82) is 0 Å². The maximum Gasteiger partial charge on any atom is 0.260 e. The molecule has 4 N–H and O–H groups in total. The summed E-state index contributed by atoms with van der Waals surface area (Å²) < 4.78 is 5.38. The van der Waals surface area contributed by atoms with Gasteiger partial charge in [0.05, 0.1) is 0 Å². The maximum atomic E-state index is 12.9. The first-order valence-electron chi connectivity index (χ1n) is 8.46. The van der Waals surface area contributed by atoms with E-state index in [2.05, 4.69) is 16.1 Å². The van der Waals surface area contributed by atoms with E-state index in [0.717, 1.165) is 43.4 Å². The molecule has 2 aliphatic rings. The summed E-state index contributed by atoms with van der Waals surface area (Å²) in [7, 11) is 1.54. The molecule has 3 rings (SSSR count). The average Bonchev–Trinajstić information content (AvgIpc) is 2.83. The highest BCUT2D eigenvalue weighted by molar-refractivity contribution is 5.88. The lowest BCUT2D eigenvalue weighted by Gasteiger charge is -2.31. The van der Waals surface area contributed by atoms with Crippen LogP contribution < -0.4 is 16.1 Å². The quantitative estimate of drug-likeness (QED) is 0.607. The van der Waals surface area contributed by atoms with Gasteiger partial charge in [-0.15, -0.1) is 0 Å². The van der Waals surface area contributed by atoms with Crippen LogP contribution in [0.1, 0.15) is 37.7 Å². The highest BCUT2D eigenvalue weighted by Crippen LogP contribution is 2.34. The minimum absolute atomic E-state index is 0.0705. The molecule has 24 heavy (non-hydrogen) atoms. The number of hydrogen-bond acceptors (Lipinski definition) is 6. The van der Waals surface area contributed by atoms with E-state index in [4.69, 9.17) is 4.74 Å². The highest BCUT2D eigenvalue weighted by Gasteiger charge is 2.52. The predicted molar refractivity (Wildman–Crippen MR) is 90.5 cm³/mol. The van der Waals surface area contributed by atoms with E-state index in [1.54, 1.807) is 7.11 Å². The topological polar surface area (TPSA) is 85.9 Å². The summed E-state index contributed by atoms with van der Waals surface area (Å²) in [6.07, 6.45) is 3.09. The first kappa shape index (κ1) is 17.2. The largest absolute Gasteiger partial charge is 0.360 e. The fourth-order valence-corrected chi connectivity index (χ4v) is 3.48. The van der Waals surface area contributed by atoms with Crippen molar-refractivity contribution in [1.82, 2.24) is 15.8 Å². The molecule has 1 aliphatic heterocycles.